The molecule has 186 valence electrons. The molecule has 2 heterocycles. The van der Waals surface area contributed by atoms with Gasteiger partial charge in [0, 0.05) is 55.5 Å². The van der Waals surface area contributed by atoms with Crippen LogP contribution in [0.2, 0.25) is 0 Å². The Balaban J connectivity index is 1.69. The molecule has 0 aliphatic heterocycles. The summed E-state index contributed by atoms with van der Waals surface area (Å²) < 4.78 is 0. The number of carbonyl (C=O) groups is 3. The number of pyridine rings is 1. The predicted octanol–water partition coefficient (Wildman–Crippen LogP) is 0.599. The number of aromatic nitrogens is 1. The fraction of sp³-hybridized carbons (Fsp3) is 0.360. The van der Waals surface area contributed by atoms with Crippen molar-refractivity contribution in [2.75, 3.05) is 26.2 Å². The normalized spacial score (nSPS) is 12.8. The summed E-state index contributed by atoms with van der Waals surface area (Å²) in [5.74, 6) is -1.01. The predicted molar refractivity (Wildman–Crippen MR) is 138 cm³/mol. The fourth-order valence-corrected chi connectivity index (χ4v) is 4.53. The van der Waals surface area contributed by atoms with Crippen molar-refractivity contribution in [3.05, 3.63) is 64.5 Å². The number of benzene rings is 1. The van der Waals surface area contributed by atoms with E-state index in [9.17, 15) is 14.4 Å². The molecule has 1 aromatic carbocycles. The quantitative estimate of drug-likeness (QED) is 0.270. The Morgan fingerprint density at radius 1 is 1.06 bits per heavy atom. The average Bonchev–Trinajstić information content (AvgIpc) is 3.36. The van der Waals surface area contributed by atoms with Gasteiger partial charge in [0.05, 0.1) is 24.0 Å². The van der Waals surface area contributed by atoms with Crippen molar-refractivity contribution in [1.29, 1.82) is 0 Å². The molecule has 0 spiro atoms. The smallest absolute Gasteiger partial charge is 0.238 e. The maximum atomic E-state index is 13.3. The van der Waals surface area contributed by atoms with Crippen molar-refractivity contribution in [2.45, 2.75) is 31.3 Å². The van der Waals surface area contributed by atoms with Crippen molar-refractivity contribution in [3.8, 4) is 0 Å². The minimum atomic E-state index is -1.10. The van der Waals surface area contributed by atoms with Crippen LogP contribution in [0.3, 0.4) is 0 Å². The van der Waals surface area contributed by atoms with Gasteiger partial charge < -0.3 is 27.4 Å². The first-order chi connectivity index (χ1) is 16.9. The highest BCUT2D eigenvalue weighted by atomic mass is 32.1. The molecule has 2 aromatic heterocycles. The number of amides is 2. The lowest BCUT2D eigenvalue weighted by Gasteiger charge is -2.24. The number of hydrogen-bond donors (Lipinski definition) is 4. The van der Waals surface area contributed by atoms with Gasteiger partial charge in [-0.1, -0.05) is 24.3 Å². The van der Waals surface area contributed by atoms with Crippen molar-refractivity contribution < 1.29 is 14.4 Å². The van der Waals surface area contributed by atoms with Crippen molar-refractivity contribution in [2.24, 2.45) is 17.2 Å². The number of rotatable bonds is 13. The summed E-state index contributed by atoms with van der Waals surface area (Å²) in [7, 11) is 0. The summed E-state index contributed by atoms with van der Waals surface area (Å²) in [6.45, 7) is 1.25. The zero-order valence-electron chi connectivity index (χ0n) is 19.6. The molecule has 0 bridgehead atoms. The standard InChI is InChI=1S/C25H32N6O3S/c26-7-9-31(10-8-27)24(33)15-20(28)25(34)30-22(14-19-5-3-11-35-19)23(32)13-17-12-18-4-1-2-6-21(18)29-16-17/h1-6,11-12,16,20,22H,7-10,13-15,26-28H2,(H,30,34)/t20-,22-/m0/s1. The van der Waals surface area contributed by atoms with Crippen LogP contribution in [-0.2, 0) is 27.2 Å². The molecule has 3 aromatic rings. The third-order valence-electron chi connectivity index (χ3n) is 5.60. The first-order valence-electron chi connectivity index (χ1n) is 11.5. The van der Waals surface area contributed by atoms with Crippen LogP contribution < -0.4 is 22.5 Å². The summed E-state index contributed by atoms with van der Waals surface area (Å²) in [4.78, 5) is 45.5. The number of nitrogens with one attached hydrogen (secondary N) is 1. The molecule has 7 N–H and O–H groups in total. The highest BCUT2D eigenvalue weighted by Gasteiger charge is 2.27. The Kier molecular flexibility index (Phi) is 9.86. The molecule has 0 unspecified atom stereocenters. The molecular formula is C25H32N6O3S. The Hall–Kier alpha value is -3.18. The van der Waals surface area contributed by atoms with Crippen molar-refractivity contribution in [1.82, 2.24) is 15.2 Å². The topological polar surface area (TPSA) is 157 Å². The van der Waals surface area contributed by atoms with Gasteiger partial charge in [0.1, 0.15) is 0 Å². The minimum Gasteiger partial charge on any atom is -0.345 e. The van der Waals surface area contributed by atoms with Gasteiger partial charge in [0.25, 0.3) is 0 Å². The molecule has 10 heteroatoms. The van der Waals surface area contributed by atoms with E-state index in [1.165, 1.54) is 16.2 Å². The zero-order chi connectivity index (χ0) is 25.2. The summed E-state index contributed by atoms with van der Waals surface area (Å²) in [5.41, 5.74) is 18.8. The number of Topliss-reactive ketones (excluding diaryl/α,β-unsaturated/α-hetero) is 1. The van der Waals surface area contributed by atoms with Gasteiger partial charge in [0.2, 0.25) is 11.8 Å². The van der Waals surface area contributed by atoms with E-state index in [1.54, 1.807) is 6.20 Å². The number of nitrogens with zero attached hydrogens (tertiary/aromatic N) is 2. The number of nitrogens with two attached hydrogens (primary N) is 3. The molecule has 0 aliphatic rings. The molecule has 3 rings (SSSR count). The van der Waals surface area contributed by atoms with Gasteiger partial charge in [-0.2, -0.15) is 0 Å². The number of thiophene rings is 1. The van der Waals surface area contributed by atoms with E-state index in [1.807, 2.05) is 47.8 Å². The summed E-state index contributed by atoms with van der Waals surface area (Å²) in [6, 6.07) is 11.5. The molecule has 0 fully saturated rings. The molecule has 0 saturated heterocycles. The lowest BCUT2D eigenvalue weighted by Crippen LogP contribution is -2.51. The molecule has 0 saturated carbocycles. The van der Waals surface area contributed by atoms with Crippen LogP contribution in [-0.4, -0.2) is 65.7 Å². The van der Waals surface area contributed by atoms with Gasteiger partial charge >= 0.3 is 0 Å². The summed E-state index contributed by atoms with van der Waals surface area (Å²) in [6.07, 6.45) is 1.94. The van der Waals surface area contributed by atoms with E-state index in [0.29, 0.717) is 19.5 Å². The van der Waals surface area contributed by atoms with E-state index in [2.05, 4.69) is 10.3 Å². The zero-order valence-corrected chi connectivity index (χ0v) is 20.4. The number of ketones is 1. The number of hydrogen-bond acceptors (Lipinski definition) is 8. The van der Waals surface area contributed by atoms with Crippen LogP contribution in [0.5, 0.6) is 0 Å². The number of carbonyl (C=O) groups excluding carboxylic acids is 3. The lowest BCUT2D eigenvalue weighted by atomic mass is 10.00. The monoisotopic (exact) mass is 496 g/mol. The molecule has 2 amide bonds. The second kappa shape index (κ2) is 13.1. The van der Waals surface area contributed by atoms with Crippen LogP contribution in [0.4, 0.5) is 0 Å². The Bertz CT molecular complexity index is 1130. The minimum absolute atomic E-state index is 0.114. The van der Waals surface area contributed by atoms with E-state index in [-0.39, 0.29) is 37.6 Å². The molecular weight excluding hydrogens is 464 g/mol. The van der Waals surface area contributed by atoms with Crippen molar-refractivity contribution >= 4 is 39.8 Å². The van der Waals surface area contributed by atoms with E-state index < -0.39 is 18.0 Å². The largest absolute Gasteiger partial charge is 0.345 e. The van der Waals surface area contributed by atoms with Crippen LogP contribution in [0.25, 0.3) is 10.9 Å². The molecule has 0 aliphatic carbocycles. The summed E-state index contributed by atoms with van der Waals surface area (Å²) in [5, 5.41) is 5.63. The first kappa shape index (κ1) is 26.4. The van der Waals surface area contributed by atoms with E-state index in [0.717, 1.165) is 21.3 Å². The van der Waals surface area contributed by atoms with Gasteiger partial charge in [-0.3, -0.25) is 19.4 Å². The average molecular weight is 497 g/mol. The van der Waals surface area contributed by atoms with Gasteiger partial charge in [-0.25, -0.2) is 0 Å². The molecule has 0 radical (unpaired) electrons. The van der Waals surface area contributed by atoms with Gasteiger partial charge in [0.15, 0.2) is 5.78 Å². The SMILES string of the molecule is NCCN(CCN)C(=O)C[C@H](N)C(=O)N[C@@H](Cc1cccs1)C(=O)Cc1cnc2ccccc2c1. The molecule has 9 nitrogen and oxygen atoms in total. The fourth-order valence-electron chi connectivity index (χ4n) is 3.77. The van der Waals surface area contributed by atoms with Gasteiger partial charge in [-0.15, -0.1) is 11.3 Å². The third kappa shape index (κ3) is 7.66. The van der Waals surface area contributed by atoms with E-state index in [4.69, 9.17) is 17.2 Å². The molecule has 2 atom stereocenters. The second-order valence-electron chi connectivity index (χ2n) is 8.29. The molecule has 35 heavy (non-hydrogen) atoms. The van der Waals surface area contributed by atoms with Crippen LogP contribution in [0, 0.1) is 0 Å². The van der Waals surface area contributed by atoms with E-state index >= 15 is 0 Å². The van der Waals surface area contributed by atoms with Crippen molar-refractivity contribution in [3.63, 3.8) is 0 Å². The van der Waals surface area contributed by atoms with Crippen LogP contribution in [0.15, 0.2) is 54.0 Å². The highest BCUT2D eigenvalue weighted by Crippen LogP contribution is 2.16. The lowest BCUT2D eigenvalue weighted by molar-refractivity contribution is -0.134. The first-order valence-corrected chi connectivity index (χ1v) is 12.4. The Morgan fingerprint density at radius 3 is 2.49 bits per heavy atom. The summed E-state index contributed by atoms with van der Waals surface area (Å²) >= 11 is 1.51. The highest BCUT2D eigenvalue weighted by molar-refractivity contribution is 7.09. The second-order valence-corrected chi connectivity index (χ2v) is 9.33. The Morgan fingerprint density at radius 2 is 1.80 bits per heavy atom. The maximum absolute atomic E-state index is 13.3. The maximum Gasteiger partial charge on any atom is 0.238 e. The van der Waals surface area contributed by atoms with Crippen LogP contribution in [0.1, 0.15) is 16.9 Å². The third-order valence-corrected chi connectivity index (χ3v) is 6.50. The Labute approximate surface area is 208 Å². The van der Waals surface area contributed by atoms with Crippen LogP contribution >= 0.6 is 11.3 Å². The number of para-hydroxylation sites is 1. The number of fused-ring (bicyclic) bond motifs is 1. The van der Waals surface area contributed by atoms with Gasteiger partial charge in [-0.05, 0) is 29.1 Å².